The normalized spacial score (nSPS) is 16.7. The fraction of sp³-hybridized carbons (Fsp3) is 0.368. The molecule has 0 saturated carbocycles. The highest BCUT2D eigenvalue weighted by Crippen LogP contribution is 2.31. The highest BCUT2D eigenvalue weighted by molar-refractivity contribution is 5.79. The number of amides is 1. The van der Waals surface area contributed by atoms with Gasteiger partial charge >= 0.3 is 0 Å². The number of benzene rings is 1. The van der Waals surface area contributed by atoms with Gasteiger partial charge in [-0.05, 0) is 42.7 Å². The molecule has 0 unspecified atom stereocenters. The standard InChI is InChI=1S/C19H22N2O3/c1-24-16-6-4-5-15(13-16)14-18(22)21-11-8-19(23,9-12-21)17-7-2-3-10-20-17/h2-7,10,13,23H,8-9,11-12,14H2,1H3. The maximum absolute atomic E-state index is 12.5. The minimum Gasteiger partial charge on any atom is -0.497 e. The van der Waals surface area contributed by atoms with Gasteiger partial charge in [0, 0.05) is 19.3 Å². The van der Waals surface area contributed by atoms with Gasteiger partial charge in [-0.3, -0.25) is 9.78 Å². The Balaban J connectivity index is 1.61. The number of pyridine rings is 1. The van der Waals surface area contributed by atoms with Gasteiger partial charge in [0.15, 0.2) is 0 Å². The molecular weight excluding hydrogens is 304 g/mol. The summed E-state index contributed by atoms with van der Waals surface area (Å²) < 4.78 is 5.19. The molecule has 0 spiro atoms. The summed E-state index contributed by atoms with van der Waals surface area (Å²) in [5, 5.41) is 10.8. The van der Waals surface area contributed by atoms with Gasteiger partial charge in [0.05, 0.1) is 19.2 Å². The van der Waals surface area contributed by atoms with E-state index >= 15 is 0 Å². The number of carbonyl (C=O) groups excluding carboxylic acids is 1. The van der Waals surface area contributed by atoms with Crippen LogP contribution in [0.1, 0.15) is 24.1 Å². The number of rotatable bonds is 4. The molecule has 1 fully saturated rings. The first kappa shape index (κ1) is 16.5. The summed E-state index contributed by atoms with van der Waals surface area (Å²) in [6.07, 6.45) is 3.05. The zero-order valence-corrected chi connectivity index (χ0v) is 13.8. The highest BCUT2D eigenvalue weighted by Gasteiger charge is 2.36. The van der Waals surface area contributed by atoms with Gasteiger partial charge in [-0.15, -0.1) is 0 Å². The van der Waals surface area contributed by atoms with Gasteiger partial charge in [0.2, 0.25) is 5.91 Å². The van der Waals surface area contributed by atoms with Crippen molar-refractivity contribution in [1.82, 2.24) is 9.88 Å². The van der Waals surface area contributed by atoms with Crippen LogP contribution in [0.15, 0.2) is 48.7 Å². The molecule has 0 atom stereocenters. The van der Waals surface area contributed by atoms with Gasteiger partial charge in [-0.25, -0.2) is 0 Å². The first-order chi connectivity index (χ1) is 11.6. The summed E-state index contributed by atoms with van der Waals surface area (Å²) in [4.78, 5) is 18.6. The van der Waals surface area contributed by atoms with Crippen LogP contribution in [-0.4, -0.2) is 41.1 Å². The van der Waals surface area contributed by atoms with Crippen LogP contribution < -0.4 is 4.74 Å². The molecule has 1 aromatic heterocycles. The van der Waals surface area contributed by atoms with E-state index in [0.29, 0.717) is 38.0 Å². The maximum Gasteiger partial charge on any atom is 0.226 e. The number of ether oxygens (including phenoxy) is 1. The largest absolute Gasteiger partial charge is 0.497 e. The lowest BCUT2D eigenvalue weighted by Crippen LogP contribution is -2.46. The summed E-state index contributed by atoms with van der Waals surface area (Å²) >= 11 is 0. The van der Waals surface area contributed by atoms with Crippen LogP contribution in [0.2, 0.25) is 0 Å². The fourth-order valence-corrected chi connectivity index (χ4v) is 3.09. The zero-order chi connectivity index (χ0) is 17.0. The Kier molecular flexibility index (Phi) is 4.81. The summed E-state index contributed by atoms with van der Waals surface area (Å²) in [5.74, 6) is 0.829. The number of likely N-dealkylation sites (tertiary alicyclic amines) is 1. The van der Waals surface area contributed by atoms with E-state index in [0.717, 1.165) is 11.3 Å². The first-order valence-corrected chi connectivity index (χ1v) is 8.15. The number of nitrogens with zero attached hydrogens (tertiary/aromatic N) is 2. The Hall–Kier alpha value is -2.40. The minimum absolute atomic E-state index is 0.0753. The van der Waals surface area contributed by atoms with Crippen molar-refractivity contribution in [2.45, 2.75) is 24.9 Å². The van der Waals surface area contributed by atoms with Crippen LogP contribution in [0.5, 0.6) is 5.75 Å². The van der Waals surface area contributed by atoms with E-state index in [4.69, 9.17) is 4.74 Å². The molecule has 5 nitrogen and oxygen atoms in total. The SMILES string of the molecule is COc1cccc(CC(=O)N2CCC(O)(c3ccccn3)CC2)c1. The molecule has 5 heteroatoms. The van der Waals surface area contributed by atoms with Gasteiger partial charge in [0.1, 0.15) is 11.4 Å². The third-order valence-corrected chi connectivity index (χ3v) is 4.57. The van der Waals surface area contributed by atoms with Crippen molar-refractivity contribution in [3.63, 3.8) is 0 Å². The number of aromatic nitrogens is 1. The molecule has 0 aliphatic carbocycles. The Morgan fingerprint density at radius 3 is 2.71 bits per heavy atom. The van der Waals surface area contributed by atoms with Crippen LogP contribution in [0.25, 0.3) is 0 Å². The Morgan fingerprint density at radius 2 is 2.04 bits per heavy atom. The molecule has 1 saturated heterocycles. The predicted octanol–water partition coefficient (Wildman–Crippen LogP) is 2.14. The lowest BCUT2D eigenvalue weighted by Gasteiger charge is -2.37. The summed E-state index contributed by atoms with van der Waals surface area (Å²) in [7, 11) is 1.62. The van der Waals surface area contributed by atoms with E-state index in [1.807, 2.05) is 47.4 Å². The number of piperidine rings is 1. The smallest absolute Gasteiger partial charge is 0.226 e. The Morgan fingerprint density at radius 1 is 1.25 bits per heavy atom. The van der Waals surface area contributed by atoms with Crippen molar-refractivity contribution in [3.8, 4) is 5.75 Å². The lowest BCUT2D eigenvalue weighted by atomic mass is 9.87. The van der Waals surface area contributed by atoms with Crippen molar-refractivity contribution < 1.29 is 14.6 Å². The van der Waals surface area contributed by atoms with Crippen molar-refractivity contribution in [1.29, 1.82) is 0 Å². The fourth-order valence-electron chi connectivity index (χ4n) is 3.09. The van der Waals surface area contributed by atoms with Gasteiger partial charge < -0.3 is 14.7 Å². The van der Waals surface area contributed by atoms with Crippen molar-refractivity contribution in [2.24, 2.45) is 0 Å². The molecule has 24 heavy (non-hydrogen) atoms. The average molecular weight is 326 g/mol. The first-order valence-electron chi connectivity index (χ1n) is 8.15. The molecule has 2 aromatic rings. The van der Waals surface area contributed by atoms with Crippen LogP contribution >= 0.6 is 0 Å². The molecule has 0 bridgehead atoms. The van der Waals surface area contributed by atoms with Crippen LogP contribution in [0.4, 0.5) is 0 Å². The van der Waals surface area contributed by atoms with E-state index in [1.54, 1.807) is 13.3 Å². The van der Waals surface area contributed by atoms with Crippen LogP contribution in [-0.2, 0) is 16.8 Å². The number of carbonyl (C=O) groups is 1. The number of methoxy groups -OCH3 is 1. The number of hydrogen-bond donors (Lipinski definition) is 1. The van der Waals surface area contributed by atoms with Crippen molar-refractivity contribution in [3.05, 3.63) is 59.9 Å². The average Bonchev–Trinajstić information content (AvgIpc) is 2.63. The Labute approximate surface area is 141 Å². The van der Waals surface area contributed by atoms with Crippen molar-refractivity contribution >= 4 is 5.91 Å². The molecule has 0 radical (unpaired) electrons. The second-order valence-electron chi connectivity index (χ2n) is 6.16. The molecule has 1 aromatic carbocycles. The van der Waals surface area contributed by atoms with E-state index in [2.05, 4.69) is 4.98 Å². The topological polar surface area (TPSA) is 62.7 Å². The van der Waals surface area contributed by atoms with E-state index in [1.165, 1.54) is 0 Å². The third kappa shape index (κ3) is 3.57. The second-order valence-corrected chi connectivity index (χ2v) is 6.16. The third-order valence-electron chi connectivity index (χ3n) is 4.57. The van der Waals surface area contributed by atoms with Gasteiger partial charge in [0.25, 0.3) is 0 Å². The summed E-state index contributed by atoms with van der Waals surface area (Å²) in [6.45, 7) is 1.08. The van der Waals surface area contributed by atoms with E-state index in [9.17, 15) is 9.90 Å². The van der Waals surface area contributed by atoms with E-state index in [-0.39, 0.29) is 5.91 Å². The maximum atomic E-state index is 12.5. The summed E-state index contributed by atoms with van der Waals surface area (Å²) in [5.41, 5.74) is 0.684. The van der Waals surface area contributed by atoms with Crippen LogP contribution in [0.3, 0.4) is 0 Å². The second kappa shape index (κ2) is 7.01. The molecule has 1 amide bonds. The zero-order valence-electron chi connectivity index (χ0n) is 13.8. The molecule has 126 valence electrons. The monoisotopic (exact) mass is 326 g/mol. The molecule has 1 N–H and O–H groups in total. The summed E-state index contributed by atoms with van der Waals surface area (Å²) in [6, 6.07) is 13.1. The van der Waals surface area contributed by atoms with Gasteiger partial charge in [-0.2, -0.15) is 0 Å². The quantitative estimate of drug-likeness (QED) is 0.935. The van der Waals surface area contributed by atoms with Crippen LogP contribution in [0, 0.1) is 0 Å². The molecule has 1 aliphatic rings. The number of hydrogen-bond acceptors (Lipinski definition) is 4. The molecule has 1 aliphatic heterocycles. The van der Waals surface area contributed by atoms with Crippen molar-refractivity contribution in [2.75, 3.05) is 20.2 Å². The Bertz CT molecular complexity index is 695. The molecular formula is C19H22N2O3. The predicted molar refractivity (Wildman–Crippen MR) is 90.6 cm³/mol. The molecule has 3 rings (SSSR count). The van der Waals surface area contributed by atoms with E-state index < -0.39 is 5.60 Å². The molecule has 2 heterocycles. The highest BCUT2D eigenvalue weighted by atomic mass is 16.5. The number of aliphatic hydroxyl groups is 1. The van der Waals surface area contributed by atoms with Gasteiger partial charge in [-0.1, -0.05) is 18.2 Å². The lowest BCUT2D eigenvalue weighted by molar-refractivity contribution is -0.135. The minimum atomic E-state index is -0.937.